The monoisotopic (exact) mass is 244 g/mol. The molecule has 0 aliphatic carbocycles. The number of amides is 1. The maximum atomic E-state index is 11.5. The fourth-order valence-electron chi connectivity index (χ4n) is 2.49. The van der Waals surface area contributed by atoms with E-state index in [9.17, 15) is 9.90 Å². The first-order valence-electron chi connectivity index (χ1n) is 6.25. The van der Waals surface area contributed by atoms with Gasteiger partial charge in [-0.1, -0.05) is 18.2 Å². The summed E-state index contributed by atoms with van der Waals surface area (Å²) in [5.74, 6) is 0.0543. The minimum Gasteiger partial charge on any atom is -0.391 e. The van der Waals surface area contributed by atoms with E-state index < -0.39 is 6.10 Å². The number of para-hydroxylation sites is 1. The highest BCUT2D eigenvalue weighted by atomic mass is 16.3. The van der Waals surface area contributed by atoms with E-state index in [1.54, 1.807) is 4.90 Å². The smallest absolute Gasteiger partial charge is 0.225 e. The zero-order valence-electron chi connectivity index (χ0n) is 10.1. The van der Waals surface area contributed by atoms with Crippen LogP contribution in [0.2, 0.25) is 0 Å². The normalized spacial score (nSPS) is 19.9. The second-order valence-electron chi connectivity index (χ2n) is 4.83. The Morgan fingerprint density at radius 3 is 2.94 bits per heavy atom. The van der Waals surface area contributed by atoms with Crippen molar-refractivity contribution in [3.05, 3.63) is 36.0 Å². The molecule has 1 atom stereocenters. The van der Waals surface area contributed by atoms with Gasteiger partial charge in [0.1, 0.15) is 0 Å². The van der Waals surface area contributed by atoms with Crippen molar-refractivity contribution in [3.63, 3.8) is 0 Å². The number of aliphatic hydroxyl groups is 1. The van der Waals surface area contributed by atoms with Gasteiger partial charge in [0.25, 0.3) is 0 Å². The van der Waals surface area contributed by atoms with Crippen LogP contribution in [0.1, 0.15) is 12.1 Å². The van der Waals surface area contributed by atoms with Gasteiger partial charge in [-0.3, -0.25) is 4.79 Å². The highest BCUT2D eigenvalue weighted by molar-refractivity contribution is 5.80. The molecular formula is C14H16N2O2. The number of hydrogen-bond acceptors (Lipinski definition) is 2. The lowest BCUT2D eigenvalue weighted by atomic mass is 10.2. The largest absolute Gasteiger partial charge is 0.391 e. The lowest BCUT2D eigenvalue weighted by Gasteiger charge is -2.14. The van der Waals surface area contributed by atoms with Gasteiger partial charge in [0, 0.05) is 30.7 Å². The third-order valence-electron chi connectivity index (χ3n) is 3.43. The molecule has 0 spiro atoms. The lowest BCUT2D eigenvalue weighted by molar-refractivity contribution is -0.127. The standard InChI is InChI=1S/C14H16N2O2/c17-12-8-14(18)16(9-12)6-5-11-7-10-3-1-2-4-13(10)15-11/h1-4,7,12,15,17H,5-6,8-9H2. The van der Waals surface area contributed by atoms with Crippen LogP contribution in [-0.2, 0) is 11.2 Å². The summed E-state index contributed by atoms with van der Waals surface area (Å²) < 4.78 is 0. The van der Waals surface area contributed by atoms with Crippen LogP contribution < -0.4 is 0 Å². The van der Waals surface area contributed by atoms with Crippen LogP contribution in [0, 0.1) is 0 Å². The Morgan fingerprint density at radius 2 is 2.22 bits per heavy atom. The number of rotatable bonds is 3. The zero-order valence-corrected chi connectivity index (χ0v) is 10.1. The Morgan fingerprint density at radius 1 is 1.39 bits per heavy atom. The highest BCUT2D eigenvalue weighted by Gasteiger charge is 2.27. The SMILES string of the molecule is O=C1CC(O)CN1CCc1cc2ccccc2[nH]1. The van der Waals surface area contributed by atoms with Crippen molar-refractivity contribution in [1.29, 1.82) is 0 Å². The minimum atomic E-state index is -0.486. The van der Waals surface area contributed by atoms with Crippen LogP contribution >= 0.6 is 0 Å². The van der Waals surface area contributed by atoms with Gasteiger partial charge in [-0.25, -0.2) is 0 Å². The van der Waals surface area contributed by atoms with E-state index in [0.717, 1.165) is 17.6 Å². The van der Waals surface area contributed by atoms with Crippen LogP contribution in [-0.4, -0.2) is 40.1 Å². The quantitative estimate of drug-likeness (QED) is 0.855. The van der Waals surface area contributed by atoms with E-state index in [1.165, 1.54) is 5.39 Å². The Labute approximate surface area is 105 Å². The first-order valence-corrected chi connectivity index (χ1v) is 6.25. The van der Waals surface area contributed by atoms with Crippen molar-refractivity contribution in [1.82, 2.24) is 9.88 Å². The summed E-state index contributed by atoms with van der Waals surface area (Å²) in [7, 11) is 0. The number of likely N-dealkylation sites (tertiary alicyclic amines) is 1. The van der Waals surface area contributed by atoms with Crippen LogP contribution in [0.3, 0.4) is 0 Å². The summed E-state index contributed by atoms with van der Waals surface area (Å²) in [6, 6.07) is 10.2. The van der Waals surface area contributed by atoms with Crippen molar-refractivity contribution in [2.24, 2.45) is 0 Å². The first-order chi connectivity index (χ1) is 8.72. The number of carbonyl (C=O) groups excluding carboxylic acids is 1. The van der Waals surface area contributed by atoms with Gasteiger partial charge in [0.05, 0.1) is 12.5 Å². The van der Waals surface area contributed by atoms with E-state index in [-0.39, 0.29) is 12.3 Å². The van der Waals surface area contributed by atoms with Crippen LogP contribution in [0.4, 0.5) is 0 Å². The summed E-state index contributed by atoms with van der Waals surface area (Å²) in [4.78, 5) is 16.6. The third-order valence-corrected chi connectivity index (χ3v) is 3.43. The van der Waals surface area contributed by atoms with Gasteiger partial charge in [-0.15, -0.1) is 0 Å². The summed E-state index contributed by atoms with van der Waals surface area (Å²) in [5, 5.41) is 10.6. The van der Waals surface area contributed by atoms with Crippen molar-refractivity contribution < 1.29 is 9.90 Å². The maximum Gasteiger partial charge on any atom is 0.225 e. The molecule has 18 heavy (non-hydrogen) atoms. The molecule has 1 aromatic carbocycles. The molecule has 2 aromatic rings. The summed E-state index contributed by atoms with van der Waals surface area (Å²) in [6.07, 6.45) is 0.583. The first kappa shape index (κ1) is 11.3. The summed E-state index contributed by atoms with van der Waals surface area (Å²) >= 11 is 0. The van der Waals surface area contributed by atoms with Gasteiger partial charge < -0.3 is 15.0 Å². The molecule has 1 aromatic heterocycles. The molecule has 1 fully saturated rings. The highest BCUT2D eigenvalue weighted by Crippen LogP contribution is 2.16. The number of carbonyl (C=O) groups is 1. The number of H-pyrrole nitrogens is 1. The third kappa shape index (κ3) is 2.11. The number of hydrogen-bond donors (Lipinski definition) is 2. The molecule has 1 aliphatic heterocycles. The van der Waals surface area contributed by atoms with Crippen LogP contribution in [0.15, 0.2) is 30.3 Å². The van der Waals surface area contributed by atoms with E-state index in [0.29, 0.717) is 13.1 Å². The average molecular weight is 244 g/mol. The van der Waals surface area contributed by atoms with Crippen molar-refractivity contribution in [2.45, 2.75) is 18.9 Å². The van der Waals surface area contributed by atoms with Gasteiger partial charge >= 0.3 is 0 Å². The fraction of sp³-hybridized carbons (Fsp3) is 0.357. The number of fused-ring (bicyclic) bond motifs is 1. The molecule has 3 rings (SSSR count). The van der Waals surface area contributed by atoms with Gasteiger partial charge in [0.15, 0.2) is 0 Å². The number of benzene rings is 1. The van der Waals surface area contributed by atoms with Gasteiger partial charge in [0.2, 0.25) is 5.91 Å². The van der Waals surface area contributed by atoms with E-state index in [1.807, 2.05) is 18.2 Å². The molecule has 1 amide bonds. The van der Waals surface area contributed by atoms with Crippen molar-refractivity contribution in [3.8, 4) is 0 Å². The fourth-order valence-corrected chi connectivity index (χ4v) is 2.49. The summed E-state index contributed by atoms with van der Waals surface area (Å²) in [6.45, 7) is 1.14. The Balaban J connectivity index is 1.68. The number of nitrogens with zero attached hydrogens (tertiary/aromatic N) is 1. The predicted octanol–water partition coefficient (Wildman–Crippen LogP) is 1.30. The molecule has 1 aliphatic rings. The van der Waals surface area contributed by atoms with Crippen LogP contribution in [0.5, 0.6) is 0 Å². The molecule has 0 bridgehead atoms. The molecule has 4 nitrogen and oxygen atoms in total. The van der Waals surface area contributed by atoms with Crippen LogP contribution in [0.25, 0.3) is 10.9 Å². The molecule has 1 saturated heterocycles. The van der Waals surface area contributed by atoms with E-state index in [2.05, 4.69) is 17.1 Å². The molecule has 4 heteroatoms. The number of aromatic nitrogens is 1. The van der Waals surface area contributed by atoms with E-state index in [4.69, 9.17) is 0 Å². The summed E-state index contributed by atoms with van der Waals surface area (Å²) in [5.41, 5.74) is 2.26. The molecule has 1 unspecified atom stereocenters. The minimum absolute atomic E-state index is 0.0543. The molecule has 2 heterocycles. The number of β-amino-alcohol motifs (C(OH)–C–C–N with tert-alkyl or cyclic N) is 1. The Hall–Kier alpha value is -1.81. The molecule has 94 valence electrons. The lowest BCUT2D eigenvalue weighted by Crippen LogP contribution is -2.28. The molecule has 0 saturated carbocycles. The Kier molecular flexibility index (Phi) is 2.80. The van der Waals surface area contributed by atoms with E-state index >= 15 is 0 Å². The average Bonchev–Trinajstić information content (AvgIpc) is 2.89. The Bertz CT molecular complexity index is 543. The van der Waals surface area contributed by atoms with Gasteiger partial charge in [-0.05, 0) is 17.5 Å². The second-order valence-corrected chi connectivity index (χ2v) is 4.83. The van der Waals surface area contributed by atoms with Gasteiger partial charge in [-0.2, -0.15) is 0 Å². The van der Waals surface area contributed by atoms with Crippen molar-refractivity contribution in [2.75, 3.05) is 13.1 Å². The maximum absolute atomic E-state index is 11.5. The second kappa shape index (κ2) is 4.46. The zero-order chi connectivity index (χ0) is 12.5. The number of aromatic amines is 1. The number of aliphatic hydroxyl groups excluding tert-OH is 1. The predicted molar refractivity (Wildman–Crippen MR) is 69.2 cm³/mol. The number of nitrogens with one attached hydrogen (secondary N) is 1. The molecule has 0 radical (unpaired) electrons. The van der Waals surface area contributed by atoms with Crippen molar-refractivity contribution >= 4 is 16.8 Å². The molecular weight excluding hydrogens is 228 g/mol. The topological polar surface area (TPSA) is 56.3 Å². The molecule has 2 N–H and O–H groups in total.